The first kappa shape index (κ1) is 24.8. The highest BCUT2D eigenvalue weighted by atomic mass is 35.7. The molecule has 0 spiro atoms. The Morgan fingerprint density at radius 2 is 0.667 bits per heavy atom. The first-order valence-electron chi connectivity index (χ1n) is 10.8. The van der Waals surface area contributed by atoms with Crippen LogP contribution in [-0.2, 0) is 0 Å². The average Bonchev–Trinajstić information content (AvgIpc) is 2.56. The summed E-state index contributed by atoms with van der Waals surface area (Å²) >= 11 is 11.7. The van der Waals surface area contributed by atoms with Crippen LogP contribution in [0.1, 0.15) is 116 Å². The smallest absolute Gasteiger partial charge is 0.237 e. The largest absolute Gasteiger partial charge is 0.330 e. The summed E-state index contributed by atoms with van der Waals surface area (Å²) in [5.74, 6) is 0. The molecule has 0 aromatic rings. The van der Waals surface area contributed by atoms with E-state index in [1.165, 1.54) is 116 Å². The van der Waals surface area contributed by atoms with Gasteiger partial charge in [-0.1, -0.05) is 109 Å². The topological polar surface area (TPSA) is 26.0 Å². The molecule has 0 heterocycles. The van der Waals surface area contributed by atoms with Gasteiger partial charge in [0.25, 0.3) is 0 Å². The first-order valence-corrected chi connectivity index (χ1v) is 15.1. The zero-order valence-corrected chi connectivity index (χ0v) is 18.7. The molecule has 0 radical (unpaired) electrons. The van der Waals surface area contributed by atoms with Crippen LogP contribution in [0.3, 0.4) is 0 Å². The lowest BCUT2D eigenvalue weighted by Gasteiger charge is -2.04. The van der Waals surface area contributed by atoms with Gasteiger partial charge >= 0.3 is 0 Å². The molecule has 2 N–H and O–H groups in total. The second kappa shape index (κ2) is 21.8. The van der Waals surface area contributed by atoms with E-state index in [0.717, 1.165) is 12.6 Å². The van der Waals surface area contributed by atoms with Crippen molar-refractivity contribution < 1.29 is 0 Å². The molecule has 24 heavy (non-hydrogen) atoms. The molecule has 0 saturated heterocycles. The minimum absolute atomic E-state index is 0.866. The van der Waals surface area contributed by atoms with E-state index in [1.54, 1.807) is 0 Å². The maximum absolute atomic E-state index is 5.86. The summed E-state index contributed by atoms with van der Waals surface area (Å²) in [6.45, 7) is 0.866. The predicted molar refractivity (Wildman–Crippen MR) is 116 cm³/mol. The van der Waals surface area contributed by atoms with Gasteiger partial charge in [0.2, 0.25) is 7.42 Å². The number of unbranched alkanes of at least 4 members (excludes halogenated alkanes) is 17. The molecule has 0 rings (SSSR count). The Bertz CT molecular complexity index is 228. The van der Waals surface area contributed by atoms with Crippen LogP contribution in [0, 0.1) is 0 Å². The van der Waals surface area contributed by atoms with Gasteiger partial charge in [0.05, 0.1) is 0 Å². The van der Waals surface area contributed by atoms with Gasteiger partial charge in [0.15, 0.2) is 0 Å². The zero-order chi connectivity index (χ0) is 17.7. The van der Waals surface area contributed by atoms with Gasteiger partial charge in [-0.15, -0.1) is 0 Å². The summed E-state index contributed by atoms with van der Waals surface area (Å²) < 4.78 is 0. The van der Waals surface area contributed by atoms with Crippen molar-refractivity contribution in [2.75, 3.05) is 6.54 Å². The molecule has 0 atom stereocenters. The van der Waals surface area contributed by atoms with Crippen LogP contribution >= 0.6 is 22.2 Å². The van der Waals surface area contributed by atoms with Gasteiger partial charge in [-0.3, -0.25) is 0 Å². The lowest BCUT2D eigenvalue weighted by molar-refractivity contribution is 0.525. The number of hydrogen-bond acceptors (Lipinski definition) is 1. The molecule has 0 aromatic heterocycles. The summed E-state index contributed by atoms with van der Waals surface area (Å²) in [6.07, 6.45) is 25.1. The van der Waals surface area contributed by atoms with E-state index < -0.39 is 7.42 Å². The van der Waals surface area contributed by atoms with E-state index in [0.29, 0.717) is 0 Å². The standard InChI is InChI=1S/C20H43Cl2NSi/c21-24(22)20-18-16-14-12-10-8-6-4-2-1-3-5-7-9-11-13-15-17-19-23/h24H,1-20,23H2. The highest BCUT2D eigenvalue weighted by Crippen LogP contribution is 2.15. The summed E-state index contributed by atoms with van der Waals surface area (Å²) in [6, 6.07) is 1.09. The highest BCUT2D eigenvalue weighted by molar-refractivity contribution is 7.33. The van der Waals surface area contributed by atoms with E-state index in [2.05, 4.69) is 0 Å². The fraction of sp³-hybridized carbons (Fsp3) is 1.00. The van der Waals surface area contributed by atoms with Crippen LogP contribution < -0.4 is 5.73 Å². The van der Waals surface area contributed by atoms with Crippen molar-refractivity contribution in [3.63, 3.8) is 0 Å². The fourth-order valence-electron chi connectivity index (χ4n) is 3.27. The third kappa shape index (κ3) is 22.8. The van der Waals surface area contributed by atoms with Crippen molar-refractivity contribution in [2.45, 2.75) is 122 Å². The number of nitrogens with two attached hydrogens (primary N) is 1. The summed E-state index contributed by atoms with van der Waals surface area (Å²) in [7, 11) is -1.33. The SMILES string of the molecule is NCCCCCCCCCCCCCCCCCCCC[SiH](Cl)Cl. The Morgan fingerprint density at radius 1 is 0.417 bits per heavy atom. The molecule has 0 aromatic carbocycles. The maximum atomic E-state index is 5.86. The third-order valence-corrected chi connectivity index (χ3v) is 7.03. The van der Waals surface area contributed by atoms with Crippen molar-refractivity contribution in [3.05, 3.63) is 0 Å². The summed E-state index contributed by atoms with van der Waals surface area (Å²) in [5, 5.41) is 0. The Hall–Kier alpha value is 0.757. The molecule has 0 bridgehead atoms. The second-order valence-electron chi connectivity index (χ2n) is 7.33. The highest BCUT2D eigenvalue weighted by Gasteiger charge is 2.00. The molecule has 0 aliphatic carbocycles. The van der Waals surface area contributed by atoms with E-state index in [4.69, 9.17) is 27.9 Å². The minimum Gasteiger partial charge on any atom is -0.330 e. The van der Waals surface area contributed by atoms with Gasteiger partial charge in [-0.25, -0.2) is 0 Å². The molecular weight excluding hydrogens is 353 g/mol. The molecule has 1 nitrogen and oxygen atoms in total. The second-order valence-corrected chi connectivity index (χ2v) is 12.5. The Balaban J connectivity index is 2.95. The third-order valence-electron chi connectivity index (χ3n) is 4.88. The van der Waals surface area contributed by atoms with Crippen molar-refractivity contribution in [1.29, 1.82) is 0 Å². The van der Waals surface area contributed by atoms with Crippen LogP contribution in [0.25, 0.3) is 0 Å². The number of hydrogen-bond donors (Lipinski definition) is 1. The van der Waals surface area contributed by atoms with E-state index in [1.807, 2.05) is 0 Å². The van der Waals surface area contributed by atoms with Gasteiger partial charge < -0.3 is 5.73 Å². The first-order chi connectivity index (χ1) is 11.8. The van der Waals surface area contributed by atoms with Gasteiger partial charge in [-0.2, -0.15) is 22.2 Å². The van der Waals surface area contributed by atoms with Crippen molar-refractivity contribution in [1.82, 2.24) is 0 Å². The van der Waals surface area contributed by atoms with Crippen LogP contribution in [0.2, 0.25) is 6.04 Å². The van der Waals surface area contributed by atoms with Crippen molar-refractivity contribution in [3.8, 4) is 0 Å². The summed E-state index contributed by atoms with van der Waals surface area (Å²) in [5.41, 5.74) is 5.50. The molecule has 0 amide bonds. The van der Waals surface area contributed by atoms with Gasteiger partial charge in [-0.05, 0) is 19.0 Å². The molecule has 0 aliphatic rings. The molecular formula is C20H43Cl2NSi. The Labute approximate surface area is 163 Å². The normalized spacial score (nSPS) is 11.5. The fourth-order valence-corrected chi connectivity index (χ4v) is 4.79. The average molecular weight is 397 g/mol. The molecule has 0 aliphatic heterocycles. The molecule has 0 unspecified atom stereocenters. The lowest BCUT2D eigenvalue weighted by Crippen LogP contribution is -1.97. The lowest BCUT2D eigenvalue weighted by atomic mass is 10.0. The van der Waals surface area contributed by atoms with Crippen molar-refractivity contribution >= 4 is 29.6 Å². The Morgan fingerprint density at radius 3 is 0.917 bits per heavy atom. The van der Waals surface area contributed by atoms with E-state index in [-0.39, 0.29) is 0 Å². The van der Waals surface area contributed by atoms with Crippen LogP contribution in [0.15, 0.2) is 0 Å². The van der Waals surface area contributed by atoms with Crippen molar-refractivity contribution in [2.24, 2.45) is 5.73 Å². The Kier molecular flexibility index (Phi) is 22.5. The van der Waals surface area contributed by atoms with Gasteiger partial charge in [0, 0.05) is 0 Å². The van der Waals surface area contributed by atoms with Crippen LogP contribution in [0.4, 0.5) is 0 Å². The van der Waals surface area contributed by atoms with Gasteiger partial charge in [0.1, 0.15) is 0 Å². The molecule has 0 saturated carbocycles. The zero-order valence-electron chi connectivity index (χ0n) is 16.1. The molecule has 0 fully saturated rings. The number of rotatable bonds is 20. The van der Waals surface area contributed by atoms with E-state index >= 15 is 0 Å². The van der Waals surface area contributed by atoms with E-state index in [9.17, 15) is 0 Å². The minimum atomic E-state index is -1.33. The van der Waals surface area contributed by atoms with Crippen LogP contribution in [-0.4, -0.2) is 14.0 Å². The summed E-state index contributed by atoms with van der Waals surface area (Å²) in [4.78, 5) is 0. The quantitative estimate of drug-likeness (QED) is 0.128. The molecule has 146 valence electrons. The predicted octanol–water partition coefficient (Wildman–Crippen LogP) is 7.67. The number of halogens is 2. The van der Waals surface area contributed by atoms with Crippen LogP contribution in [0.5, 0.6) is 0 Å². The monoisotopic (exact) mass is 395 g/mol. The molecule has 4 heteroatoms. The maximum Gasteiger partial charge on any atom is 0.237 e.